The molecule has 0 saturated carbocycles. The Morgan fingerprint density at radius 3 is 2.39 bits per heavy atom. The zero-order chi connectivity index (χ0) is 23.6. The van der Waals surface area contributed by atoms with E-state index < -0.39 is 17.5 Å². The van der Waals surface area contributed by atoms with Crippen LogP contribution in [0.4, 0.5) is 13.2 Å². The number of ketones is 1. The number of amides is 1. The third-order valence-corrected chi connectivity index (χ3v) is 4.05. The van der Waals surface area contributed by atoms with Gasteiger partial charge in [0.05, 0.1) is 17.1 Å². The molecule has 0 fully saturated rings. The Bertz CT molecular complexity index is 955. The molecule has 1 aromatic rings. The Kier molecular flexibility index (Phi) is 9.79. The normalized spacial score (nSPS) is 13.5. The highest BCUT2D eigenvalue weighted by Crippen LogP contribution is 2.24. The van der Waals surface area contributed by atoms with Gasteiger partial charge >= 0.3 is 6.18 Å². The molecular formula is C23H26F3N3O2. The summed E-state index contributed by atoms with van der Waals surface area (Å²) in [6.45, 7) is 9.70. The molecule has 0 radical (unpaired) electrons. The fourth-order valence-electron chi connectivity index (χ4n) is 2.45. The minimum Gasteiger partial charge on any atom is -0.352 e. The first kappa shape index (κ1) is 25.7. The monoisotopic (exact) mass is 433 g/mol. The fraction of sp³-hybridized carbons (Fsp3) is 0.304. The van der Waals surface area contributed by atoms with E-state index in [9.17, 15) is 22.8 Å². The van der Waals surface area contributed by atoms with Crippen molar-refractivity contribution in [2.45, 2.75) is 33.4 Å². The number of benzene rings is 1. The third kappa shape index (κ3) is 7.81. The molecule has 0 aliphatic heterocycles. The summed E-state index contributed by atoms with van der Waals surface area (Å²) in [5, 5.41) is 2.77. The molecule has 1 rings (SSSR count). The molecule has 1 N–H and O–H groups in total. The summed E-state index contributed by atoms with van der Waals surface area (Å²) >= 11 is 0. The second-order valence-corrected chi connectivity index (χ2v) is 6.54. The maximum Gasteiger partial charge on any atom is 0.454 e. The molecular weight excluding hydrogens is 407 g/mol. The maximum absolute atomic E-state index is 12.7. The van der Waals surface area contributed by atoms with Crippen LogP contribution in [0.1, 0.15) is 43.1 Å². The first-order chi connectivity index (χ1) is 14.5. The quantitative estimate of drug-likeness (QED) is 0.340. The Hall–Kier alpha value is -3.29. The van der Waals surface area contributed by atoms with Gasteiger partial charge in [-0.1, -0.05) is 37.8 Å². The summed E-state index contributed by atoms with van der Waals surface area (Å²) in [7, 11) is 1.54. The average Bonchev–Trinajstić information content (AvgIpc) is 2.74. The molecule has 1 aromatic carbocycles. The SMILES string of the molecule is C=C(N=C(/C=C\C)C(/C=C(\C)C(=O)NCCC)=NC)c1cccc(C(=O)C(F)(F)F)c1. The van der Waals surface area contributed by atoms with Crippen LogP contribution in [0, 0.1) is 0 Å². The van der Waals surface area contributed by atoms with Gasteiger partial charge in [-0.25, -0.2) is 4.99 Å². The number of hydrogen-bond acceptors (Lipinski definition) is 4. The summed E-state index contributed by atoms with van der Waals surface area (Å²) in [6.07, 6.45) is 0.755. The van der Waals surface area contributed by atoms with E-state index in [0.717, 1.165) is 18.6 Å². The number of nitrogens with zero attached hydrogens (tertiary/aromatic N) is 2. The number of hydrogen-bond donors (Lipinski definition) is 1. The van der Waals surface area contributed by atoms with Crippen LogP contribution < -0.4 is 5.32 Å². The molecule has 166 valence electrons. The van der Waals surface area contributed by atoms with Gasteiger partial charge in [-0.05, 0) is 38.5 Å². The highest BCUT2D eigenvalue weighted by molar-refractivity contribution is 6.51. The van der Waals surface area contributed by atoms with Gasteiger partial charge in [0.25, 0.3) is 5.78 Å². The molecule has 0 bridgehead atoms. The van der Waals surface area contributed by atoms with Gasteiger partial charge in [-0.2, -0.15) is 13.2 Å². The summed E-state index contributed by atoms with van der Waals surface area (Å²) in [5.74, 6) is -2.17. The van der Waals surface area contributed by atoms with Crippen LogP contribution in [0.15, 0.2) is 64.6 Å². The maximum atomic E-state index is 12.7. The predicted molar refractivity (Wildman–Crippen MR) is 119 cm³/mol. The number of alkyl halides is 3. The number of allylic oxidation sites excluding steroid dienone is 3. The number of rotatable bonds is 9. The van der Waals surface area contributed by atoms with Gasteiger partial charge in [0.2, 0.25) is 5.91 Å². The number of Topliss-reactive ketones (excluding diaryl/α,β-unsaturated/α-hetero) is 1. The van der Waals surface area contributed by atoms with Crippen molar-refractivity contribution in [3.05, 3.63) is 65.8 Å². The molecule has 31 heavy (non-hydrogen) atoms. The number of carbonyl (C=O) groups is 2. The van der Waals surface area contributed by atoms with Crippen LogP contribution in [-0.4, -0.2) is 42.9 Å². The molecule has 0 spiro atoms. The second-order valence-electron chi connectivity index (χ2n) is 6.54. The van der Waals surface area contributed by atoms with Gasteiger partial charge in [0, 0.05) is 30.3 Å². The topological polar surface area (TPSA) is 70.9 Å². The molecule has 0 unspecified atom stereocenters. The Labute approximate surface area is 180 Å². The third-order valence-electron chi connectivity index (χ3n) is 4.05. The largest absolute Gasteiger partial charge is 0.454 e. The Morgan fingerprint density at radius 1 is 1.19 bits per heavy atom. The Balaban J connectivity index is 3.28. The molecule has 0 aromatic heterocycles. The summed E-state index contributed by atoms with van der Waals surface area (Å²) in [4.78, 5) is 32.2. The van der Waals surface area contributed by atoms with Crippen LogP contribution in [0.3, 0.4) is 0 Å². The zero-order valence-corrected chi connectivity index (χ0v) is 18.0. The van der Waals surface area contributed by atoms with E-state index in [0.29, 0.717) is 23.5 Å². The van der Waals surface area contributed by atoms with Crippen molar-refractivity contribution >= 4 is 28.8 Å². The molecule has 8 heteroatoms. The first-order valence-corrected chi connectivity index (χ1v) is 9.61. The van der Waals surface area contributed by atoms with Crippen molar-refractivity contribution in [2.24, 2.45) is 9.98 Å². The van der Waals surface area contributed by atoms with Crippen molar-refractivity contribution in [2.75, 3.05) is 13.6 Å². The van der Waals surface area contributed by atoms with Gasteiger partial charge in [-0.15, -0.1) is 0 Å². The fourth-order valence-corrected chi connectivity index (χ4v) is 2.45. The smallest absolute Gasteiger partial charge is 0.352 e. The standard InChI is InChI=1S/C23H26F3N3O2/c1-6-9-19(20(27-5)13-15(3)22(31)28-12-7-2)29-16(4)17-10-8-11-18(14-17)21(30)23(24,25)26/h6,8-11,13-14H,4,7,12H2,1-3,5H3,(H,28,31)/b9-6-,15-13+,27-20?,29-19?. The van der Waals surface area contributed by atoms with Gasteiger partial charge in [-0.3, -0.25) is 14.6 Å². The Morgan fingerprint density at radius 2 is 1.84 bits per heavy atom. The van der Waals surface area contributed by atoms with E-state index in [4.69, 9.17) is 0 Å². The molecule has 0 atom stereocenters. The average molecular weight is 433 g/mol. The minimum atomic E-state index is -4.97. The molecule has 0 aliphatic carbocycles. The minimum absolute atomic E-state index is 0.146. The highest BCUT2D eigenvalue weighted by Gasteiger charge is 2.39. The van der Waals surface area contributed by atoms with E-state index in [1.165, 1.54) is 19.2 Å². The van der Waals surface area contributed by atoms with Crippen LogP contribution in [-0.2, 0) is 4.79 Å². The van der Waals surface area contributed by atoms with Crippen molar-refractivity contribution in [3.8, 4) is 0 Å². The molecule has 0 heterocycles. The molecule has 1 amide bonds. The van der Waals surface area contributed by atoms with Crippen LogP contribution in [0.2, 0.25) is 0 Å². The van der Waals surface area contributed by atoms with Crippen molar-refractivity contribution in [1.82, 2.24) is 5.32 Å². The lowest BCUT2D eigenvalue weighted by atomic mass is 10.0. The predicted octanol–water partition coefficient (Wildman–Crippen LogP) is 4.96. The van der Waals surface area contributed by atoms with Crippen molar-refractivity contribution < 1.29 is 22.8 Å². The van der Waals surface area contributed by atoms with E-state index in [2.05, 4.69) is 21.9 Å². The number of aliphatic imine (C=N–C) groups is 2. The van der Waals surface area contributed by atoms with E-state index in [-0.39, 0.29) is 17.2 Å². The van der Waals surface area contributed by atoms with Gasteiger partial charge in [0.1, 0.15) is 0 Å². The van der Waals surface area contributed by atoms with E-state index in [1.54, 1.807) is 32.1 Å². The van der Waals surface area contributed by atoms with Gasteiger partial charge < -0.3 is 5.32 Å². The van der Waals surface area contributed by atoms with Crippen LogP contribution in [0.25, 0.3) is 5.70 Å². The lowest BCUT2D eigenvalue weighted by Crippen LogP contribution is -2.25. The lowest BCUT2D eigenvalue weighted by molar-refractivity contribution is -0.117. The van der Waals surface area contributed by atoms with Crippen LogP contribution >= 0.6 is 0 Å². The molecule has 5 nitrogen and oxygen atoms in total. The zero-order valence-electron chi connectivity index (χ0n) is 18.0. The molecule has 0 aliphatic rings. The lowest BCUT2D eigenvalue weighted by Gasteiger charge is -2.09. The number of carbonyl (C=O) groups excluding carboxylic acids is 2. The van der Waals surface area contributed by atoms with Gasteiger partial charge in [0.15, 0.2) is 0 Å². The van der Waals surface area contributed by atoms with Crippen LogP contribution in [0.5, 0.6) is 0 Å². The van der Waals surface area contributed by atoms with Crippen molar-refractivity contribution in [1.29, 1.82) is 0 Å². The highest BCUT2D eigenvalue weighted by atomic mass is 19.4. The first-order valence-electron chi connectivity index (χ1n) is 9.61. The van der Waals surface area contributed by atoms with E-state index >= 15 is 0 Å². The summed E-state index contributed by atoms with van der Waals surface area (Å²) in [6, 6.07) is 5.02. The number of nitrogens with one attached hydrogen (secondary N) is 1. The number of halogens is 3. The van der Waals surface area contributed by atoms with E-state index in [1.807, 2.05) is 6.92 Å². The summed E-state index contributed by atoms with van der Waals surface area (Å²) < 4.78 is 38.2. The summed E-state index contributed by atoms with van der Waals surface area (Å²) in [5.41, 5.74) is 1.09. The van der Waals surface area contributed by atoms with Crippen molar-refractivity contribution in [3.63, 3.8) is 0 Å². The molecule has 0 saturated heterocycles. The second kappa shape index (κ2) is 11.8.